The van der Waals surface area contributed by atoms with E-state index in [1.807, 2.05) is 0 Å². The fourth-order valence-electron chi connectivity index (χ4n) is 3.51. The second kappa shape index (κ2) is 6.59. The molecule has 0 spiro atoms. The summed E-state index contributed by atoms with van der Waals surface area (Å²) in [6.45, 7) is 10.7. The maximum atomic E-state index is 3.48. The summed E-state index contributed by atoms with van der Waals surface area (Å²) in [6.07, 6.45) is 2.52. The molecule has 110 valence electrons. The Morgan fingerprint density at radius 3 is 3.00 bits per heavy atom. The van der Waals surface area contributed by atoms with Crippen LogP contribution in [0.25, 0.3) is 0 Å². The van der Waals surface area contributed by atoms with Gasteiger partial charge in [0.1, 0.15) is 0 Å². The van der Waals surface area contributed by atoms with Gasteiger partial charge in [0.15, 0.2) is 0 Å². The van der Waals surface area contributed by atoms with Crippen molar-refractivity contribution in [3.05, 3.63) is 29.8 Å². The zero-order valence-corrected chi connectivity index (χ0v) is 12.6. The molecule has 0 aromatic heterocycles. The number of hydrogen-bond acceptors (Lipinski definition) is 3. The molecule has 0 radical (unpaired) electrons. The third-order valence-electron chi connectivity index (χ3n) is 4.55. The molecule has 1 aromatic rings. The molecular weight excluding hydrogens is 246 g/mol. The van der Waals surface area contributed by atoms with E-state index in [0.717, 1.165) is 12.5 Å². The molecule has 3 heteroatoms. The number of anilines is 1. The molecule has 3 nitrogen and oxygen atoms in total. The number of nitrogens with one attached hydrogen (secondary N) is 1. The second-order valence-corrected chi connectivity index (χ2v) is 6.33. The molecule has 1 saturated heterocycles. The Bertz CT molecular complexity index is 424. The van der Waals surface area contributed by atoms with Gasteiger partial charge in [-0.3, -0.25) is 0 Å². The summed E-state index contributed by atoms with van der Waals surface area (Å²) >= 11 is 0. The van der Waals surface area contributed by atoms with Gasteiger partial charge >= 0.3 is 0 Å². The number of rotatable bonds is 3. The fourth-order valence-corrected chi connectivity index (χ4v) is 3.51. The molecule has 2 aliphatic heterocycles. The fraction of sp³-hybridized carbons (Fsp3) is 0.647. The number of hydrogen-bond donors (Lipinski definition) is 1. The summed E-state index contributed by atoms with van der Waals surface area (Å²) in [7, 11) is 0. The molecule has 20 heavy (non-hydrogen) atoms. The number of para-hydroxylation sites is 1. The smallest absolute Gasteiger partial charge is 0.0399 e. The van der Waals surface area contributed by atoms with Gasteiger partial charge in [-0.05, 0) is 43.5 Å². The van der Waals surface area contributed by atoms with Gasteiger partial charge in [0, 0.05) is 38.4 Å². The van der Waals surface area contributed by atoms with Crippen molar-refractivity contribution in [2.24, 2.45) is 5.92 Å². The lowest BCUT2D eigenvalue weighted by atomic mass is 9.94. The van der Waals surface area contributed by atoms with E-state index in [0.29, 0.717) is 0 Å². The molecule has 3 rings (SSSR count). The van der Waals surface area contributed by atoms with E-state index < -0.39 is 0 Å². The number of benzene rings is 1. The van der Waals surface area contributed by atoms with Gasteiger partial charge in [-0.1, -0.05) is 25.1 Å². The van der Waals surface area contributed by atoms with Crippen LogP contribution in [-0.2, 0) is 6.42 Å². The summed E-state index contributed by atoms with van der Waals surface area (Å²) in [5.74, 6) is 0.774. The Morgan fingerprint density at radius 1 is 1.15 bits per heavy atom. The highest BCUT2D eigenvalue weighted by atomic mass is 15.2. The SMILES string of the molecule is CC1Cc2ccccc2N(CCN2CCCNCC2)C1. The highest BCUT2D eigenvalue weighted by molar-refractivity contribution is 5.55. The van der Waals surface area contributed by atoms with Crippen LogP contribution in [0.4, 0.5) is 5.69 Å². The number of fused-ring (bicyclic) bond motifs is 1. The van der Waals surface area contributed by atoms with Crippen LogP contribution in [0.5, 0.6) is 0 Å². The monoisotopic (exact) mass is 273 g/mol. The van der Waals surface area contributed by atoms with Crippen LogP contribution in [0.2, 0.25) is 0 Å². The third kappa shape index (κ3) is 3.33. The van der Waals surface area contributed by atoms with Gasteiger partial charge in [0.2, 0.25) is 0 Å². The summed E-state index contributed by atoms with van der Waals surface area (Å²) in [6, 6.07) is 8.95. The van der Waals surface area contributed by atoms with E-state index in [9.17, 15) is 0 Å². The lowest BCUT2D eigenvalue weighted by Gasteiger charge is -2.36. The van der Waals surface area contributed by atoms with E-state index in [1.165, 1.54) is 63.4 Å². The zero-order valence-electron chi connectivity index (χ0n) is 12.6. The molecule has 2 heterocycles. The topological polar surface area (TPSA) is 18.5 Å². The minimum atomic E-state index is 0.774. The average Bonchev–Trinajstić information content (AvgIpc) is 2.73. The minimum Gasteiger partial charge on any atom is -0.370 e. The quantitative estimate of drug-likeness (QED) is 0.908. The molecule has 2 aliphatic rings. The summed E-state index contributed by atoms with van der Waals surface area (Å²) in [5, 5.41) is 3.48. The molecule has 0 aliphatic carbocycles. The van der Waals surface area contributed by atoms with E-state index in [1.54, 1.807) is 0 Å². The Labute approximate surface area is 123 Å². The first-order valence-corrected chi connectivity index (χ1v) is 8.09. The molecule has 1 atom stereocenters. The molecule has 1 fully saturated rings. The van der Waals surface area contributed by atoms with E-state index in [2.05, 4.69) is 46.3 Å². The lowest BCUT2D eigenvalue weighted by Crippen LogP contribution is -2.41. The molecule has 0 saturated carbocycles. The van der Waals surface area contributed by atoms with Crippen LogP contribution < -0.4 is 10.2 Å². The Kier molecular flexibility index (Phi) is 4.58. The molecular formula is C17H27N3. The molecule has 0 bridgehead atoms. The van der Waals surface area contributed by atoms with Gasteiger partial charge in [-0.15, -0.1) is 0 Å². The van der Waals surface area contributed by atoms with Crippen molar-refractivity contribution in [3.8, 4) is 0 Å². The number of nitrogens with zero attached hydrogens (tertiary/aromatic N) is 2. The van der Waals surface area contributed by atoms with Crippen molar-refractivity contribution in [2.75, 3.05) is 50.7 Å². The molecule has 1 N–H and O–H groups in total. The Balaban J connectivity index is 1.62. The van der Waals surface area contributed by atoms with Crippen molar-refractivity contribution in [3.63, 3.8) is 0 Å². The van der Waals surface area contributed by atoms with E-state index in [-0.39, 0.29) is 0 Å². The van der Waals surface area contributed by atoms with Gasteiger partial charge in [0.05, 0.1) is 0 Å². The first-order chi connectivity index (χ1) is 9.83. The second-order valence-electron chi connectivity index (χ2n) is 6.33. The van der Waals surface area contributed by atoms with Crippen LogP contribution >= 0.6 is 0 Å². The van der Waals surface area contributed by atoms with Crippen LogP contribution in [0.3, 0.4) is 0 Å². The van der Waals surface area contributed by atoms with Gasteiger partial charge < -0.3 is 15.1 Å². The highest BCUT2D eigenvalue weighted by Crippen LogP contribution is 2.29. The highest BCUT2D eigenvalue weighted by Gasteiger charge is 2.21. The predicted molar refractivity (Wildman–Crippen MR) is 85.4 cm³/mol. The molecule has 1 unspecified atom stereocenters. The lowest BCUT2D eigenvalue weighted by molar-refractivity contribution is 0.295. The summed E-state index contributed by atoms with van der Waals surface area (Å²) < 4.78 is 0. The minimum absolute atomic E-state index is 0.774. The first-order valence-electron chi connectivity index (χ1n) is 8.09. The molecule has 1 aromatic carbocycles. The third-order valence-corrected chi connectivity index (χ3v) is 4.55. The van der Waals surface area contributed by atoms with Gasteiger partial charge in [-0.25, -0.2) is 0 Å². The van der Waals surface area contributed by atoms with Crippen molar-refractivity contribution in [1.29, 1.82) is 0 Å². The Hall–Kier alpha value is -1.06. The van der Waals surface area contributed by atoms with Crippen LogP contribution in [0.15, 0.2) is 24.3 Å². The van der Waals surface area contributed by atoms with E-state index in [4.69, 9.17) is 0 Å². The molecule has 0 amide bonds. The average molecular weight is 273 g/mol. The van der Waals surface area contributed by atoms with Crippen molar-refractivity contribution < 1.29 is 0 Å². The first kappa shape index (κ1) is 13.9. The summed E-state index contributed by atoms with van der Waals surface area (Å²) in [4.78, 5) is 5.21. The zero-order chi connectivity index (χ0) is 13.8. The van der Waals surface area contributed by atoms with Crippen LogP contribution in [0.1, 0.15) is 18.9 Å². The van der Waals surface area contributed by atoms with Gasteiger partial charge in [0.25, 0.3) is 0 Å². The van der Waals surface area contributed by atoms with E-state index >= 15 is 0 Å². The largest absolute Gasteiger partial charge is 0.370 e. The van der Waals surface area contributed by atoms with Crippen molar-refractivity contribution in [1.82, 2.24) is 10.2 Å². The predicted octanol–water partition coefficient (Wildman–Crippen LogP) is 1.98. The normalized spacial score (nSPS) is 24.2. The van der Waals surface area contributed by atoms with Crippen LogP contribution in [0, 0.1) is 5.92 Å². The maximum absolute atomic E-state index is 3.48. The summed E-state index contributed by atoms with van der Waals surface area (Å²) in [5.41, 5.74) is 3.00. The van der Waals surface area contributed by atoms with Crippen molar-refractivity contribution >= 4 is 5.69 Å². The Morgan fingerprint density at radius 2 is 2.05 bits per heavy atom. The maximum Gasteiger partial charge on any atom is 0.0399 e. The van der Waals surface area contributed by atoms with Crippen molar-refractivity contribution in [2.45, 2.75) is 19.8 Å². The standard InChI is InChI=1S/C17H27N3/c1-15-13-16-5-2-3-6-17(16)20(14-15)12-11-19-9-4-7-18-8-10-19/h2-3,5-6,15,18H,4,7-14H2,1H3. The van der Waals surface area contributed by atoms with Crippen LogP contribution in [-0.4, -0.2) is 50.7 Å². The van der Waals surface area contributed by atoms with Gasteiger partial charge in [-0.2, -0.15) is 0 Å².